The molecule has 0 aliphatic carbocycles. The number of rotatable bonds is 4. The Hall–Kier alpha value is -1.58. The van der Waals surface area contributed by atoms with E-state index in [1.54, 1.807) is 0 Å². The number of pyridine rings is 1. The molecular weight excluding hydrogens is 240 g/mol. The lowest BCUT2D eigenvalue weighted by atomic mass is 9.88. The minimum absolute atomic E-state index is 0.0747. The van der Waals surface area contributed by atoms with Crippen molar-refractivity contribution in [2.75, 3.05) is 12.4 Å². The van der Waals surface area contributed by atoms with Gasteiger partial charge in [-0.1, -0.05) is 40.7 Å². The molecule has 1 aromatic heterocycles. The molecule has 0 spiro atoms. The first-order valence-electron chi connectivity index (χ1n) is 6.56. The molecule has 0 aliphatic heterocycles. The number of aromatic nitrogens is 1. The third-order valence-corrected chi connectivity index (χ3v) is 3.05. The van der Waals surface area contributed by atoms with Gasteiger partial charge in [0.1, 0.15) is 11.9 Å². The zero-order chi connectivity index (χ0) is 14.6. The van der Waals surface area contributed by atoms with Crippen LogP contribution in [0.5, 0.6) is 0 Å². The van der Waals surface area contributed by atoms with Crippen molar-refractivity contribution < 1.29 is 9.53 Å². The van der Waals surface area contributed by atoms with Crippen LogP contribution < -0.4 is 5.32 Å². The van der Waals surface area contributed by atoms with Gasteiger partial charge in [-0.05, 0) is 23.0 Å². The summed E-state index contributed by atoms with van der Waals surface area (Å²) in [4.78, 5) is 16.0. The molecule has 0 radical (unpaired) electrons. The molecule has 0 fully saturated rings. The van der Waals surface area contributed by atoms with Crippen LogP contribution in [0, 0.1) is 5.92 Å². The van der Waals surface area contributed by atoms with Crippen LogP contribution in [0.15, 0.2) is 18.3 Å². The first-order valence-corrected chi connectivity index (χ1v) is 6.56. The number of methoxy groups -OCH3 is 1. The maximum absolute atomic E-state index is 11.7. The van der Waals surface area contributed by atoms with Gasteiger partial charge < -0.3 is 10.1 Å². The molecule has 0 aliphatic rings. The van der Waals surface area contributed by atoms with Gasteiger partial charge in [-0.15, -0.1) is 0 Å². The third kappa shape index (κ3) is 4.23. The molecule has 1 unspecified atom stereocenters. The van der Waals surface area contributed by atoms with Crippen LogP contribution in [0.4, 0.5) is 5.82 Å². The fraction of sp³-hybridized carbons (Fsp3) is 0.600. The van der Waals surface area contributed by atoms with Crippen LogP contribution in [0.3, 0.4) is 0 Å². The molecule has 1 atom stereocenters. The smallest absolute Gasteiger partial charge is 0.328 e. The lowest BCUT2D eigenvalue weighted by Gasteiger charge is -2.22. The van der Waals surface area contributed by atoms with E-state index in [0.29, 0.717) is 5.82 Å². The Morgan fingerprint density at radius 3 is 2.32 bits per heavy atom. The lowest BCUT2D eigenvalue weighted by Crippen LogP contribution is -2.35. The van der Waals surface area contributed by atoms with E-state index in [9.17, 15) is 4.79 Å². The van der Waals surface area contributed by atoms with Gasteiger partial charge in [0, 0.05) is 6.20 Å². The second-order valence-electron chi connectivity index (χ2n) is 6.07. The van der Waals surface area contributed by atoms with Crippen LogP contribution in [-0.4, -0.2) is 24.1 Å². The molecule has 1 aromatic rings. The second kappa shape index (κ2) is 6.04. The minimum Gasteiger partial charge on any atom is -0.467 e. The van der Waals surface area contributed by atoms with Crippen LogP contribution in [0.1, 0.15) is 40.2 Å². The first-order chi connectivity index (χ1) is 8.75. The number of anilines is 1. The van der Waals surface area contributed by atoms with Crippen molar-refractivity contribution >= 4 is 11.8 Å². The fourth-order valence-electron chi connectivity index (χ4n) is 1.71. The van der Waals surface area contributed by atoms with Gasteiger partial charge in [0.25, 0.3) is 0 Å². The molecule has 0 amide bonds. The maximum atomic E-state index is 11.7. The molecule has 1 N–H and O–H groups in total. The van der Waals surface area contributed by atoms with Gasteiger partial charge in [-0.3, -0.25) is 0 Å². The normalized spacial score (nSPS) is 13.2. The van der Waals surface area contributed by atoms with Gasteiger partial charge in [0.05, 0.1) is 7.11 Å². The number of carbonyl (C=O) groups is 1. The van der Waals surface area contributed by atoms with Crippen molar-refractivity contribution in [3.8, 4) is 0 Å². The molecule has 0 saturated heterocycles. The molecule has 0 saturated carbocycles. The fourth-order valence-corrected chi connectivity index (χ4v) is 1.71. The summed E-state index contributed by atoms with van der Waals surface area (Å²) in [5.41, 5.74) is 1.24. The van der Waals surface area contributed by atoms with Gasteiger partial charge in [0.15, 0.2) is 0 Å². The predicted molar refractivity (Wildman–Crippen MR) is 77.2 cm³/mol. The lowest BCUT2D eigenvalue weighted by molar-refractivity contribution is -0.142. The van der Waals surface area contributed by atoms with E-state index < -0.39 is 0 Å². The Morgan fingerprint density at radius 2 is 1.95 bits per heavy atom. The third-order valence-electron chi connectivity index (χ3n) is 3.05. The summed E-state index contributed by atoms with van der Waals surface area (Å²) >= 11 is 0. The van der Waals surface area contributed by atoms with Crippen molar-refractivity contribution in [1.29, 1.82) is 0 Å². The maximum Gasteiger partial charge on any atom is 0.328 e. The van der Waals surface area contributed by atoms with Crippen LogP contribution in [0.25, 0.3) is 0 Å². The summed E-state index contributed by atoms with van der Waals surface area (Å²) in [6.45, 7) is 10.4. The Kier molecular flexibility index (Phi) is 4.92. The quantitative estimate of drug-likeness (QED) is 0.849. The van der Waals surface area contributed by atoms with Crippen LogP contribution in [0.2, 0.25) is 0 Å². The van der Waals surface area contributed by atoms with Gasteiger partial charge in [0.2, 0.25) is 0 Å². The van der Waals surface area contributed by atoms with E-state index >= 15 is 0 Å². The average Bonchev–Trinajstić information content (AvgIpc) is 2.34. The van der Waals surface area contributed by atoms with E-state index in [1.807, 2.05) is 32.2 Å². The zero-order valence-corrected chi connectivity index (χ0v) is 12.7. The standard InChI is InChI=1S/C15H24N2O2/c1-10(2)13(14(18)19-6)17-12-8-7-11(9-16-12)15(3,4)5/h7-10,13H,1-6H3,(H,16,17). The van der Waals surface area contributed by atoms with Crippen molar-refractivity contribution in [2.24, 2.45) is 5.92 Å². The highest BCUT2D eigenvalue weighted by atomic mass is 16.5. The average molecular weight is 264 g/mol. The highest BCUT2D eigenvalue weighted by molar-refractivity contribution is 5.79. The highest BCUT2D eigenvalue weighted by Crippen LogP contribution is 2.22. The molecule has 0 bridgehead atoms. The molecule has 4 nitrogen and oxygen atoms in total. The second-order valence-corrected chi connectivity index (χ2v) is 6.07. The SMILES string of the molecule is COC(=O)C(Nc1ccc(C(C)(C)C)cn1)C(C)C. The summed E-state index contributed by atoms with van der Waals surface area (Å²) in [5, 5.41) is 3.12. The van der Waals surface area contributed by atoms with Crippen molar-refractivity contribution in [1.82, 2.24) is 4.98 Å². The molecule has 1 heterocycles. The van der Waals surface area contributed by atoms with Gasteiger partial charge in [-0.2, -0.15) is 0 Å². The van der Waals surface area contributed by atoms with E-state index in [2.05, 4.69) is 31.1 Å². The molecule has 4 heteroatoms. The van der Waals surface area contributed by atoms with E-state index in [4.69, 9.17) is 4.74 Å². The summed E-state index contributed by atoms with van der Waals surface area (Å²) in [6, 6.07) is 3.56. The number of nitrogens with one attached hydrogen (secondary N) is 1. The summed E-state index contributed by atoms with van der Waals surface area (Å²) in [7, 11) is 1.40. The van der Waals surface area contributed by atoms with E-state index in [0.717, 1.165) is 5.56 Å². The number of hydrogen-bond acceptors (Lipinski definition) is 4. The summed E-state index contributed by atoms with van der Waals surface area (Å²) < 4.78 is 4.79. The molecule has 0 aromatic carbocycles. The minimum atomic E-state index is -0.377. The van der Waals surface area contributed by atoms with Gasteiger partial charge in [-0.25, -0.2) is 9.78 Å². The van der Waals surface area contributed by atoms with E-state index in [-0.39, 0.29) is 23.3 Å². The predicted octanol–water partition coefficient (Wildman–Crippen LogP) is 2.99. The number of ether oxygens (including phenoxy) is 1. The number of esters is 1. The highest BCUT2D eigenvalue weighted by Gasteiger charge is 2.23. The monoisotopic (exact) mass is 264 g/mol. The Labute approximate surface area is 115 Å². The topological polar surface area (TPSA) is 51.2 Å². The van der Waals surface area contributed by atoms with E-state index in [1.165, 1.54) is 7.11 Å². The Morgan fingerprint density at radius 1 is 1.32 bits per heavy atom. The molecule has 19 heavy (non-hydrogen) atoms. The largest absolute Gasteiger partial charge is 0.467 e. The number of carbonyl (C=O) groups excluding carboxylic acids is 1. The Bertz CT molecular complexity index is 419. The number of hydrogen-bond donors (Lipinski definition) is 1. The van der Waals surface area contributed by atoms with Crippen molar-refractivity contribution in [2.45, 2.75) is 46.1 Å². The first kappa shape index (κ1) is 15.5. The molecule has 106 valence electrons. The van der Waals surface area contributed by atoms with Crippen molar-refractivity contribution in [3.05, 3.63) is 23.9 Å². The summed E-state index contributed by atoms with van der Waals surface area (Å²) in [5.74, 6) is 0.561. The number of nitrogens with zero attached hydrogens (tertiary/aromatic N) is 1. The Balaban J connectivity index is 2.84. The summed E-state index contributed by atoms with van der Waals surface area (Å²) in [6.07, 6.45) is 1.84. The zero-order valence-electron chi connectivity index (χ0n) is 12.7. The molecular formula is C15H24N2O2. The van der Waals surface area contributed by atoms with Gasteiger partial charge >= 0.3 is 5.97 Å². The van der Waals surface area contributed by atoms with Crippen molar-refractivity contribution in [3.63, 3.8) is 0 Å². The molecule has 1 rings (SSSR count). The van der Waals surface area contributed by atoms with Crippen LogP contribution >= 0.6 is 0 Å². The van der Waals surface area contributed by atoms with Crippen LogP contribution in [-0.2, 0) is 14.9 Å².